The summed E-state index contributed by atoms with van der Waals surface area (Å²) in [6, 6.07) is 8.09. The Hall–Kier alpha value is -2.60. The highest BCUT2D eigenvalue weighted by Gasteiger charge is 2.29. The van der Waals surface area contributed by atoms with Crippen LogP contribution in [0.15, 0.2) is 52.3 Å². The second-order valence-electron chi connectivity index (χ2n) is 8.49. The number of aromatic amines is 1. The molecular formula is C22H23ClFN2O8PS. The Labute approximate surface area is 211 Å². The van der Waals surface area contributed by atoms with Crippen molar-refractivity contribution in [1.29, 1.82) is 0 Å². The summed E-state index contributed by atoms with van der Waals surface area (Å²) in [4.78, 5) is 30.6. The summed E-state index contributed by atoms with van der Waals surface area (Å²) >= 11 is 5.91. The fourth-order valence-corrected chi connectivity index (χ4v) is 5.22. The second kappa shape index (κ2) is 10.4. The van der Waals surface area contributed by atoms with Gasteiger partial charge in [-0.25, -0.2) is 22.5 Å². The van der Waals surface area contributed by atoms with Crippen LogP contribution in [0.4, 0.5) is 4.39 Å². The third-order valence-electron chi connectivity index (χ3n) is 5.05. The number of benzene rings is 2. The minimum Gasteiger partial charge on any atom is -0.487 e. The van der Waals surface area contributed by atoms with E-state index in [0.29, 0.717) is 11.1 Å². The number of phosphoric acid groups is 1. The first kappa shape index (κ1) is 28.0. The summed E-state index contributed by atoms with van der Waals surface area (Å²) in [5.41, 5.74) is -0.788. The Morgan fingerprint density at radius 1 is 1.14 bits per heavy atom. The van der Waals surface area contributed by atoms with Crippen LogP contribution in [0.2, 0.25) is 5.02 Å². The Balaban J connectivity index is 2.04. The maximum atomic E-state index is 13.7. The van der Waals surface area contributed by atoms with E-state index in [1.165, 1.54) is 50.4 Å². The molecule has 0 unspecified atom stereocenters. The van der Waals surface area contributed by atoms with Crippen molar-refractivity contribution >= 4 is 29.3 Å². The van der Waals surface area contributed by atoms with Gasteiger partial charge in [0.2, 0.25) is 0 Å². The average Bonchev–Trinajstić information content (AvgIpc) is 2.74. The Morgan fingerprint density at radius 2 is 1.78 bits per heavy atom. The van der Waals surface area contributed by atoms with Gasteiger partial charge in [0.15, 0.2) is 15.6 Å². The van der Waals surface area contributed by atoms with Crippen LogP contribution >= 0.6 is 19.4 Å². The summed E-state index contributed by atoms with van der Waals surface area (Å²) in [6.45, 7) is 2.77. The fraction of sp³-hybridized carbons (Fsp3) is 0.273. The third-order valence-corrected chi connectivity index (χ3v) is 7.22. The highest BCUT2D eigenvalue weighted by Crippen LogP contribution is 2.42. The number of aromatic nitrogens is 2. The Morgan fingerprint density at radius 3 is 2.39 bits per heavy atom. The molecule has 3 rings (SSSR count). The maximum Gasteiger partial charge on any atom is 0.470 e. The topological polar surface area (TPSA) is 156 Å². The van der Waals surface area contributed by atoms with Gasteiger partial charge in [0, 0.05) is 23.8 Å². The number of hydrogen-bond donors (Lipinski definition) is 3. The molecule has 0 amide bonds. The molecule has 0 saturated carbocycles. The number of hydrogen-bond acceptors (Lipinski definition) is 7. The quantitative estimate of drug-likeness (QED) is 0.330. The van der Waals surface area contributed by atoms with Crippen LogP contribution in [0.5, 0.6) is 5.75 Å². The fourth-order valence-electron chi connectivity index (χ4n) is 3.41. The third kappa shape index (κ3) is 7.00. The zero-order valence-corrected chi connectivity index (χ0v) is 21.8. The van der Waals surface area contributed by atoms with E-state index in [9.17, 15) is 22.2 Å². The van der Waals surface area contributed by atoms with Gasteiger partial charge in [-0.15, -0.1) is 0 Å². The molecule has 0 fully saturated rings. The molecule has 0 aliphatic rings. The standard InChI is InChI=1S/C22H23ClFN2O8PS/c1-22(2,34-35(28,29)30)8-9-33-20-16(12-25-26-21(20)27)13-5-7-19(36(3,31)32)15(10-13)14-4-6-18(24)17(23)11-14/h4-7,10-12H,8-9H2,1-3H3,(H,26,27)(H2,28,29,30). The molecule has 14 heteroatoms. The van der Waals surface area contributed by atoms with Crippen LogP contribution < -0.4 is 10.3 Å². The van der Waals surface area contributed by atoms with E-state index in [-0.39, 0.29) is 39.8 Å². The highest BCUT2D eigenvalue weighted by molar-refractivity contribution is 7.90. The van der Waals surface area contributed by atoms with Crippen molar-refractivity contribution in [3.63, 3.8) is 0 Å². The molecule has 10 nitrogen and oxygen atoms in total. The smallest absolute Gasteiger partial charge is 0.470 e. The van der Waals surface area contributed by atoms with Crippen LogP contribution in [0.1, 0.15) is 20.3 Å². The predicted octanol–water partition coefficient (Wildman–Crippen LogP) is 3.96. The van der Waals surface area contributed by atoms with Crippen molar-refractivity contribution in [3.8, 4) is 28.0 Å². The summed E-state index contributed by atoms with van der Waals surface area (Å²) < 4.78 is 60.1. The summed E-state index contributed by atoms with van der Waals surface area (Å²) in [5, 5.41) is 5.85. The van der Waals surface area contributed by atoms with Gasteiger partial charge >= 0.3 is 13.4 Å². The second-order valence-corrected chi connectivity index (χ2v) is 12.0. The predicted molar refractivity (Wildman–Crippen MR) is 131 cm³/mol. The molecule has 1 aromatic heterocycles. The average molecular weight is 561 g/mol. The van der Waals surface area contributed by atoms with Crippen LogP contribution in [0, 0.1) is 5.82 Å². The van der Waals surface area contributed by atoms with Gasteiger partial charge in [-0.05, 0) is 49.2 Å². The molecule has 2 aromatic carbocycles. The van der Waals surface area contributed by atoms with Gasteiger partial charge in [0.25, 0.3) is 0 Å². The van der Waals surface area contributed by atoms with E-state index in [1.807, 2.05) is 0 Å². The van der Waals surface area contributed by atoms with Gasteiger partial charge in [-0.2, -0.15) is 5.10 Å². The molecule has 0 spiro atoms. The molecule has 194 valence electrons. The molecule has 1 heterocycles. The minimum absolute atomic E-state index is 0.0195. The van der Waals surface area contributed by atoms with E-state index < -0.39 is 34.6 Å². The summed E-state index contributed by atoms with van der Waals surface area (Å²) in [5.74, 6) is -0.815. The number of rotatable bonds is 9. The molecule has 3 aromatic rings. The molecule has 0 atom stereocenters. The monoisotopic (exact) mass is 560 g/mol. The van der Waals surface area contributed by atoms with Crippen molar-refractivity contribution in [2.75, 3.05) is 12.9 Å². The van der Waals surface area contributed by atoms with E-state index in [1.54, 1.807) is 0 Å². The number of nitrogens with one attached hydrogen (secondary N) is 1. The molecule has 0 bridgehead atoms. The van der Waals surface area contributed by atoms with Crippen molar-refractivity contribution in [2.45, 2.75) is 30.8 Å². The normalized spacial score (nSPS) is 12.5. The van der Waals surface area contributed by atoms with Gasteiger partial charge < -0.3 is 14.5 Å². The molecule has 0 aliphatic heterocycles. The number of H-pyrrole nitrogens is 1. The number of sulfone groups is 1. The number of ether oxygens (including phenoxy) is 1. The highest BCUT2D eigenvalue weighted by atomic mass is 35.5. The van der Waals surface area contributed by atoms with Gasteiger partial charge in [-0.1, -0.05) is 23.7 Å². The van der Waals surface area contributed by atoms with E-state index in [0.717, 1.165) is 12.3 Å². The zero-order valence-electron chi connectivity index (χ0n) is 19.4. The summed E-state index contributed by atoms with van der Waals surface area (Å²) in [6.07, 6.45) is 2.36. The maximum absolute atomic E-state index is 13.7. The largest absolute Gasteiger partial charge is 0.487 e. The number of halogens is 2. The molecule has 0 saturated heterocycles. The zero-order chi connectivity index (χ0) is 26.9. The molecule has 0 aliphatic carbocycles. The molecular weight excluding hydrogens is 538 g/mol. The minimum atomic E-state index is -4.74. The number of nitrogens with zero attached hydrogens (tertiary/aromatic N) is 1. The van der Waals surface area contributed by atoms with Crippen LogP contribution in [-0.4, -0.2) is 46.9 Å². The van der Waals surface area contributed by atoms with Crippen LogP contribution in [-0.2, 0) is 18.9 Å². The van der Waals surface area contributed by atoms with Gasteiger partial charge in [-0.3, -0.25) is 9.32 Å². The molecule has 0 radical (unpaired) electrons. The lowest BCUT2D eigenvalue weighted by atomic mass is 9.99. The van der Waals surface area contributed by atoms with Crippen molar-refractivity contribution < 1.29 is 36.4 Å². The van der Waals surface area contributed by atoms with Gasteiger partial charge in [0.05, 0.1) is 28.3 Å². The molecule has 3 N–H and O–H groups in total. The molecule has 36 heavy (non-hydrogen) atoms. The first-order chi connectivity index (χ1) is 16.6. The lowest BCUT2D eigenvalue weighted by Crippen LogP contribution is -2.26. The van der Waals surface area contributed by atoms with E-state index in [2.05, 4.69) is 10.2 Å². The number of phosphoric ester groups is 1. The Bertz CT molecular complexity index is 1500. The van der Waals surface area contributed by atoms with Crippen molar-refractivity contribution in [2.24, 2.45) is 0 Å². The first-order valence-corrected chi connectivity index (χ1v) is 14.1. The summed E-state index contributed by atoms with van der Waals surface area (Å²) in [7, 11) is -8.44. The van der Waals surface area contributed by atoms with Crippen LogP contribution in [0.25, 0.3) is 22.3 Å². The van der Waals surface area contributed by atoms with Crippen molar-refractivity contribution in [3.05, 3.63) is 63.8 Å². The lowest BCUT2D eigenvalue weighted by Gasteiger charge is -2.25. The Kier molecular flexibility index (Phi) is 8.09. The first-order valence-electron chi connectivity index (χ1n) is 10.3. The van der Waals surface area contributed by atoms with E-state index >= 15 is 0 Å². The SMILES string of the molecule is CC(C)(CCOc1c(-c2ccc(S(C)(=O)=O)c(-c3ccc(F)c(Cl)c3)c2)cn[nH]c1=O)OP(=O)(O)O. The van der Waals surface area contributed by atoms with E-state index in [4.69, 9.17) is 30.6 Å². The van der Waals surface area contributed by atoms with Crippen LogP contribution in [0.3, 0.4) is 0 Å². The van der Waals surface area contributed by atoms with Crippen molar-refractivity contribution in [1.82, 2.24) is 10.2 Å². The van der Waals surface area contributed by atoms with Gasteiger partial charge in [0.1, 0.15) is 5.82 Å². The lowest BCUT2D eigenvalue weighted by molar-refractivity contribution is 0.0461.